The second-order valence-corrected chi connectivity index (χ2v) is 4.81. The number of benzene rings is 1. The van der Waals surface area contributed by atoms with Crippen LogP contribution in [0.5, 0.6) is 5.75 Å². The van der Waals surface area contributed by atoms with Crippen molar-refractivity contribution in [2.24, 2.45) is 0 Å². The summed E-state index contributed by atoms with van der Waals surface area (Å²) < 4.78 is 32.4. The van der Waals surface area contributed by atoms with Gasteiger partial charge in [-0.25, -0.2) is 8.78 Å². The number of halogens is 2. The molecule has 0 aliphatic rings. The van der Waals surface area contributed by atoms with E-state index >= 15 is 0 Å². The Labute approximate surface area is 117 Å². The van der Waals surface area contributed by atoms with Crippen molar-refractivity contribution in [3.63, 3.8) is 0 Å². The van der Waals surface area contributed by atoms with E-state index in [0.29, 0.717) is 12.1 Å². The first-order valence-electron chi connectivity index (χ1n) is 6.37. The van der Waals surface area contributed by atoms with Crippen molar-refractivity contribution >= 4 is 5.91 Å². The average Bonchev–Trinajstić information content (AvgIpc) is 2.36. The number of hydrogen-bond donors (Lipinski definition) is 1. The molecule has 0 aliphatic carbocycles. The summed E-state index contributed by atoms with van der Waals surface area (Å²) in [6.07, 6.45) is 0. The number of likely N-dealkylation sites (N-methyl/N-ethyl adjacent to an activating group) is 1. The minimum absolute atomic E-state index is 0.00111. The van der Waals surface area contributed by atoms with Crippen molar-refractivity contribution in [1.29, 1.82) is 0 Å². The minimum Gasteiger partial charge on any atom is -0.478 e. The Morgan fingerprint density at radius 3 is 2.35 bits per heavy atom. The molecule has 1 aromatic carbocycles. The molecule has 0 saturated carbocycles. The summed E-state index contributed by atoms with van der Waals surface area (Å²) in [4.78, 5) is 13.1. The van der Waals surface area contributed by atoms with Crippen molar-refractivity contribution in [3.05, 3.63) is 29.3 Å². The van der Waals surface area contributed by atoms with Gasteiger partial charge in [-0.1, -0.05) is 0 Å². The van der Waals surface area contributed by atoms with E-state index in [4.69, 9.17) is 4.74 Å². The normalized spacial score (nSPS) is 10.8. The lowest BCUT2D eigenvalue weighted by Crippen LogP contribution is -2.36. The third-order valence-corrected chi connectivity index (χ3v) is 2.95. The predicted octanol–water partition coefficient (Wildman–Crippen LogP) is 1.93. The van der Waals surface area contributed by atoms with Gasteiger partial charge in [0.2, 0.25) is 0 Å². The van der Waals surface area contributed by atoms with Gasteiger partial charge in [0.25, 0.3) is 5.91 Å². The van der Waals surface area contributed by atoms with Crippen LogP contribution in [0.2, 0.25) is 0 Å². The van der Waals surface area contributed by atoms with Crippen LogP contribution in [-0.4, -0.2) is 37.6 Å². The van der Waals surface area contributed by atoms with Gasteiger partial charge in [-0.3, -0.25) is 4.79 Å². The summed E-state index contributed by atoms with van der Waals surface area (Å²) in [5, 5.41) is 2.80. The van der Waals surface area contributed by atoms with Crippen LogP contribution in [-0.2, 0) is 11.3 Å². The van der Waals surface area contributed by atoms with Gasteiger partial charge in [0.15, 0.2) is 24.0 Å². The third kappa shape index (κ3) is 4.16. The Bertz CT molecular complexity index is 455. The fraction of sp³-hybridized carbons (Fsp3) is 0.500. The molecule has 1 N–H and O–H groups in total. The fourth-order valence-electron chi connectivity index (χ4n) is 1.58. The first-order chi connectivity index (χ1) is 9.36. The maximum atomic E-state index is 13.7. The van der Waals surface area contributed by atoms with E-state index in [2.05, 4.69) is 5.32 Å². The van der Waals surface area contributed by atoms with Crippen LogP contribution >= 0.6 is 0 Å². The number of ether oxygens (including phenoxy) is 1. The highest BCUT2D eigenvalue weighted by molar-refractivity contribution is 5.77. The van der Waals surface area contributed by atoms with Crippen LogP contribution < -0.4 is 10.1 Å². The molecule has 0 atom stereocenters. The average molecular weight is 286 g/mol. The topological polar surface area (TPSA) is 41.6 Å². The Balaban J connectivity index is 2.76. The summed E-state index contributed by atoms with van der Waals surface area (Å²) in [7, 11) is 3.29. The van der Waals surface area contributed by atoms with Crippen molar-refractivity contribution < 1.29 is 18.3 Å². The maximum absolute atomic E-state index is 13.7. The first kappa shape index (κ1) is 16.4. The van der Waals surface area contributed by atoms with Gasteiger partial charge in [-0.05, 0) is 38.6 Å². The lowest BCUT2D eigenvalue weighted by molar-refractivity contribution is -0.133. The first-order valence-corrected chi connectivity index (χ1v) is 6.37. The SMILES string of the molecule is CNCc1cc(F)c(OCC(=O)N(C)C(C)C)c(F)c1. The van der Waals surface area contributed by atoms with Gasteiger partial charge in [0.1, 0.15) is 0 Å². The zero-order valence-electron chi connectivity index (χ0n) is 12.2. The molecule has 0 bridgehead atoms. The largest absolute Gasteiger partial charge is 0.478 e. The van der Waals surface area contributed by atoms with Crippen molar-refractivity contribution in [1.82, 2.24) is 10.2 Å². The molecular weight excluding hydrogens is 266 g/mol. The zero-order chi connectivity index (χ0) is 15.3. The smallest absolute Gasteiger partial charge is 0.260 e. The highest BCUT2D eigenvalue weighted by Crippen LogP contribution is 2.23. The van der Waals surface area contributed by atoms with Crippen LogP contribution in [0.1, 0.15) is 19.4 Å². The quantitative estimate of drug-likeness (QED) is 0.869. The number of hydrogen-bond acceptors (Lipinski definition) is 3. The van der Waals surface area contributed by atoms with Crippen LogP contribution in [0.25, 0.3) is 0 Å². The summed E-state index contributed by atoms with van der Waals surface area (Å²) in [6, 6.07) is 2.37. The van der Waals surface area contributed by atoms with E-state index in [1.54, 1.807) is 14.1 Å². The summed E-state index contributed by atoms with van der Waals surface area (Å²) >= 11 is 0. The van der Waals surface area contributed by atoms with Gasteiger partial charge < -0.3 is 15.0 Å². The second kappa shape index (κ2) is 7.19. The lowest BCUT2D eigenvalue weighted by atomic mass is 10.2. The number of nitrogens with one attached hydrogen (secondary N) is 1. The molecule has 20 heavy (non-hydrogen) atoms. The molecule has 6 heteroatoms. The number of carbonyl (C=O) groups excluding carboxylic acids is 1. The van der Waals surface area contributed by atoms with Gasteiger partial charge in [0, 0.05) is 19.6 Å². The summed E-state index contributed by atoms with van der Waals surface area (Å²) in [5.41, 5.74) is 0.473. The molecule has 0 aliphatic heterocycles. The van der Waals surface area contributed by atoms with E-state index in [1.807, 2.05) is 13.8 Å². The maximum Gasteiger partial charge on any atom is 0.260 e. The standard InChI is InChI=1S/C14H20F2N2O2/c1-9(2)18(4)13(19)8-20-14-11(15)5-10(7-17-3)6-12(14)16/h5-6,9,17H,7-8H2,1-4H3. The monoisotopic (exact) mass is 286 g/mol. The molecule has 0 heterocycles. The van der Waals surface area contributed by atoms with Crippen LogP contribution in [0.15, 0.2) is 12.1 Å². The zero-order valence-corrected chi connectivity index (χ0v) is 12.2. The van der Waals surface area contributed by atoms with Crippen molar-refractivity contribution in [2.45, 2.75) is 26.4 Å². The highest BCUT2D eigenvalue weighted by Gasteiger charge is 2.17. The van der Waals surface area contributed by atoms with Gasteiger partial charge in [-0.15, -0.1) is 0 Å². The number of rotatable bonds is 6. The Morgan fingerprint density at radius 2 is 1.90 bits per heavy atom. The molecule has 0 aromatic heterocycles. The number of nitrogens with zero attached hydrogens (tertiary/aromatic N) is 1. The molecule has 0 radical (unpaired) electrons. The van der Waals surface area contributed by atoms with Crippen molar-refractivity contribution in [3.8, 4) is 5.75 Å². The van der Waals surface area contributed by atoms with Crippen LogP contribution in [0.4, 0.5) is 8.78 Å². The molecular formula is C14H20F2N2O2. The third-order valence-electron chi connectivity index (χ3n) is 2.95. The summed E-state index contributed by atoms with van der Waals surface area (Å²) in [6.45, 7) is 3.63. The number of carbonyl (C=O) groups is 1. The predicted molar refractivity (Wildman–Crippen MR) is 72.5 cm³/mol. The molecule has 1 amide bonds. The number of amides is 1. The Kier molecular flexibility index (Phi) is 5.88. The fourth-order valence-corrected chi connectivity index (χ4v) is 1.58. The lowest BCUT2D eigenvalue weighted by Gasteiger charge is -2.21. The van der Waals surface area contributed by atoms with Gasteiger partial charge in [0.05, 0.1) is 0 Å². The summed E-state index contributed by atoms with van der Waals surface area (Å²) in [5.74, 6) is -2.47. The van der Waals surface area contributed by atoms with Crippen LogP contribution in [0, 0.1) is 11.6 Å². The van der Waals surface area contributed by atoms with E-state index in [0.717, 1.165) is 0 Å². The van der Waals surface area contributed by atoms with Gasteiger partial charge >= 0.3 is 0 Å². The van der Waals surface area contributed by atoms with E-state index in [-0.39, 0.29) is 11.9 Å². The molecule has 0 unspecified atom stereocenters. The van der Waals surface area contributed by atoms with Crippen molar-refractivity contribution in [2.75, 3.05) is 20.7 Å². The highest BCUT2D eigenvalue weighted by atomic mass is 19.1. The van der Waals surface area contributed by atoms with E-state index in [9.17, 15) is 13.6 Å². The molecule has 112 valence electrons. The molecule has 1 aromatic rings. The Hall–Kier alpha value is -1.69. The molecule has 0 spiro atoms. The molecule has 1 rings (SSSR count). The minimum atomic E-state index is -0.810. The second-order valence-electron chi connectivity index (χ2n) is 4.81. The van der Waals surface area contributed by atoms with Crippen LogP contribution in [0.3, 0.4) is 0 Å². The van der Waals surface area contributed by atoms with E-state index < -0.39 is 24.0 Å². The molecule has 0 saturated heterocycles. The molecule has 4 nitrogen and oxygen atoms in total. The van der Waals surface area contributed by atoms with Gasteiger partial charge in [-0.2, -0.15) is 0 Å². The Morgan fingerprint density at radius 1 is 1.35 bits per heavy atom. The van der Waals surface area contributed by atoms with E-state index in [1.165, 1.54) is 17.0 Å². The molecule has 0 fully saturated rings.